The number of aliphatic carboxylic acids is 1. The molecule has 0 saturated heterocycles. The van der Waals surface area contributed by atoms with E-state index in [4.69, 9.17) is 5.11 Å². The number of carbonyl (C=O) groups is 1. The lowest BCUT2D eigenvalue weighted by molar-refractivity contribution is -0.142. The van der Waals surface area contributed by atoms with Crippen LogP contribution in [0.2, 0.25) is 0 Å². The molecule has 1 aromatic rings. The van der Waals surface area contributed by atoms with Gasteiger partial charge in [0.15, 0.2) is 0 Å². The van der Waals surface area contributed by atoms with E-state index >= 15 is 0 Å². The van der Waals surface area contributed by atoms with Crippen molar-refractivity contribution in [3.05, 3.63) is 34.9 Å². The predicted molar refractivity (Wildman–Crippen MR) is 65.6 cm³/mol. The van der Waals surface area contributed by atoms with Crippen molar-refractivity contribution in [2.24, 2.45) is 11.8 Å². The van der Waals surface area contributed by atoms with Crippen LogP contribution in [0.5, 0.6) is 0 Å². The van der Waals surface area contributed by atoms with Gasteiger partial charge < -0.3 is 5.11 Å². The van der Waals surface area contributed by atoms with Crippen LogP contribution >= 0.6 is 0 Å². The average Bonchev–Trinajstić information content (AvgIpc) is 2.22. The number of carboxylic acid groups (broad SMARTS) is 1. The lowest BCUT2D eigenvalue weighted by Gasteiger charge is -2.17. The second-order valence-electron chi connectivity index (χ2n) is 4.74. The molecule has 0 aromatic heterocycles. The standard InChI is InChI=1S/C14H20O2/c1-9-5-6-10(2)13(7-9)8-11(3)12(4)14(15)16/h5-7,11-12H,8H2,1-4H3,(H,15,16). The fourth-order valence-corrected chi connectivity index (χ4v) is 1.79. The summed E-state index contributed by atoms with van der Waals surface area (Å²) >= 11 is 0. The third-order valence-corrected chi connectivity index (χ3v) is 3.29. The van der Waals surface area contributed by atoms with Gasteiger partial charge in [0.2, 0.25) is 0 Å². The van der Waals surface area contributed by atoms with Crippen molar-refractivity contribution in [2.45, 2.75) is 34.1 Å². The summed E-state index contributed by atoms with van der Waals surface area (Å²) in [4.78, 5) is 10.9. The van der Waals surface area contributed by atoms with E-state index in [1.165, 1.54) is 16.7 Å². The molecule has 2 atom stereocenters. The summed E-state index contributed by atoms with van der Waals surface area (Å²) in [5.41, 5.74) is 3.74. The Labute approximate surface area is 97.3 Å². The fourth-order valence-electron chi connectivity index (χ4n) is 1.79. The van der Waals surface area contributed by atoms with Crippen molar-refractivity contribution in [1.29, 1.82) is 0 Å². The number of aryl methyl sites for hydroxylation is 2. The zero-order chi connectivity index (χ0) is 12.3. The van der Waals surface area contributed by atoms with E-state index < -0.39 is 5.97 Å². The fraction of sp³-hybridized carbons (Fsp3) is 0.500. The summed E-state index contributed by atoms with van der Waals surface area (Å²) in [6.45, 7) is 7.92. The van der Waals surface area contributed by atoms with Gasteiger partial charge in [-0.05, 0) is 37.3 Å². The molecule has 1 rings (SSSR count). The van der Waals surface area contributed by atoms with Crippen LogP contribution in [0.25, 0.3) is 0 Å². The monoisotopic (exact) mass is 220 g/mol. The molecule has 1 aromatic carbocycles. The van der Waals surface area contributed by atoms with Crippen molar-refractivity contribution >= 4 is 5.97 Å². The van der Waals surface area contributed by atoms with Crippen LogP contribution in [0.4, 0.5) is 0 Å². The molecule has 0 aliphatic carbocycles. The Morgan fingerprint density at radius 1 is 1.31 bits per heavy atom. The van der Waals surface area contributed by atoms with E-state index in [9.17, 15) is 4.79 Å². The topological polar surface area (TPSA) is 37.3 Å². The van der Waals surface area contributed by atoms with Gasteiger partial charge in [-0.1, -0.05) is 37.6 Å². The Kier molecular flexibility index (Phi) is 4.11. The van der Waals surface area contributed by atoms with Gasteiger partial charge in [0, 0.05) is 0 Å². The summed E-state index contributed by atoms with van der Waals surface area (Å²) in [6.07, 6.45) is 0.834. The molecular formula is C14H20O2. The van der Waals surface area contributed by atoms with Crippen molar-refractivity contribution in [3.63, 3.8) is 0 Å². The zero-order valence-electron chi connectivity index (χ0n) is 10.4. The van der Waals surface area contributed by atoms with E-state index in [2.05, 4.69) is 32.0 Å². The molecule has 16 heavy (non-hydrogen) atoms. The third-order valence-electron chi connectivity index (χ3n) is 3.29. The van der Waals surface area contributed by atoms with Gasteiger partial charge in [0.25, 0.3) is 0 Å². The van der Waals surface area contributed by atoms with Gasteiger partial charge >= 0.3 is 5.97 Å². The minimum absolute atomic E-state index is 0.165. The molecule has 0 aliphatic rings. The van der Waals surface area contributed by atoms with Gasteiger partial charge in [0.05, 0.1) is 5.92 Å². The van der Waals surface area contributed by atoms with Crippen molar-refractivity contribution in [1.82, 2.24) is 0 Å². The molecule has 88 valence electrons. The number of benzene rings is 1. The van der Waals surface area contributed by atoms with Crippen LogP contribution < -0.4 is 0 Å². The Hall–Kier alpha value is -1.31. The third kappa shape index (κ3) is 3.09. The quantitative estimate of drug-likeness (QED) is 0.846. The maximum atomic E-state index is 10.9. The van der Waals surface area contributed by atoms with Crippen LogP contribution in [-0.4, -0.2) is 11.1 Å². The highest BCUT2D eigenvalue weighted by atomic mass is 16.4. The molecule has 0 spiro atoms. The molecule has 1 N–H and O–H groups in total. The van der Waals surface area contributed by atoms with Crippen LogP contribution in [0, 0.1) is 25.7 Å². The minimum Gasteiger partial charge on any atom is -0.481 e. The van der Waals surface area contributed by atoms with E-state index in [-0.39, 0.29) is 11.8 Å². The van der Waals surface area contributed by atoms with Crippen LogP contribution in [-0.2, 0) is 11.2 Å². The number of carboxylic acids is 1. The largest absolute Gasteiger partial charge is 0.481 e. The minimum atomic E-state index is -0.710. The van der Waals surface area contributed by atoms with Crippen molar-refractivity contribution in [2.75, 3.05) is 0 Å². The summed E-state index contributed by atoms with van der Waals surface area (Å²) in [5, 5.41) is 8.95. The SMILES string of the molecule is Cc1ccc(C)c(CC(C)C(C)C(=O)O)c1. The Morgan fingerprint density at radius 3 is 2.50 bits per heavy atom. The van der Waals surface area contributed by atoms with Gasteiger partial charge in [-0.3, -0.25) is 4.79 Å². The van der Waals surface area contributed by atoms with Crippen molar-refractivity contribution in [3.8, 4) is 0 Å². The Bertz CT molecular complexity index is 382. The second-order valence-corrected chi connectivity index (χ2v) is 4.74. The van der Waals surface area contributed by atoms with E-state index in [0.29, 0.717) is 0 Å². The summed E-state index contributed by atoms with van der Waals surface area (Å²) in [5.74, 6) is -0.837. The molecular weight excluding hydrogens is 200 g/mol. The highest BCUT2D eigenvalue weighted by Gasteiger charge is 2.19. The number of hydrogen-bond acceptors (Lipinski definition) is 1. The molecule has 0 saturated carbocycles. The second kappa shape index (κ2) is 5.15. The average molecular weight is 220 g/mol. The zero-order valence-corrected chi connectivity index (χ0v) is 10.4. The Morgan fingerprint density at radius 2 is 1.94 bits per heavy atom. The highest BCUT2D eigenvalue weighted by Crippen LogP contribution is 2.20. The molecule has 0 bridgehead atoms. The first-order valence-electron chi connectivity index (χ1n) is 5.70. The molecule has 2 nitrogen and oxygen atoms in total. The summed E-state index contributed by atoms with van der Waals surface area (Å²) in [6, 6.07) is 6.34. The van der Waals surface area contributed by atoms with Gasteiger partial charge in [0.1, 0.15) is 0 Å². The van der Waals surface area contributed by atoms with E-state index in [1.807, 2.05) is 6.92 Å². The van der Waals surface area contributed by atoms with Crippen LogP contribution in [0.3, 0.4) is 0 Å². The smallest absolute Gasteiger partial charge is 0.306 e. The maximum Gasteiger partial charge on any atom is 0.306 e. The number of hydrogen-bond donors (Lipinski definition) is 1. The lowest BCUT2D eigenvalue weighted by Crippen LogP contribution is -2.20. The molecule has 0 aliphatic heterocycles. The molecule has 0 amide bonds. The lowest BCUT2D eigenvalue weighted by atomic mass is 9.88. The predicted octanol–water partition coefficient (Wildman–Crippen LogP) is 3.20. The maximum absolute atomic E-state index is 10.9. The molecule has 2 heteroatoms. The first-order valence-corrected chi connectivity index (χ1v) is 5.70. The first-order chi connectivity index (χ1) is 7.41. The van der Waals surface area contributed by atoms with E-state index in [1.54, 1.807) is 6.92 Å². The number of rotatable bonds is 4. The van der Waals surface area contributed by atoms with Gasteiger partial charge in [-0.2, -0.15) is 0 Å². The van der Waals surface area contributed by atoms with Gasteiger partial charge in [-0.25, -0.2) is 0 Å². The highest BCUT2D eigenvalue weighted by molar-refractivity contribution is 5.69. The molecule has 0 heterocycles. The van der Waals surface area contributed by atoms with Gasteiger partial charge in [-0.15, -0.1) is 0 Å². The Balaban J connectivity index is 2.80. The molecule has 0 radical (unpaired) electrons. The van der Waals surface area contributed by atoms with Crippen LogP contribution in [0.15, 0.2) is 18.2 Å². The first kappa shape index (κ1) is 12.8. The molecule has 2 unspecified atom stereocenters. The van der Waals surface area contributed by atoms with E-state index in [0.717, 1.165) is 6.42 Å². The molecule has 0 fully saturated rings. The summed E-state index contributed by atoms with van der Waals surface area (Å²) < 4.78 is 0. The normalized spacial score (nSPS) is 14.5. The summed E-state index contributed by atoms with van der Waals surface area (Å²) in [7, 11) is 0. The van der Waals surface area contributed by atoms with Crippen LogP contribution in [0.1, 0.15) is 30.5 Å². The van der Waals surface area contributed by atoms with Crippen molar-refractivity contribution < 1.29 is 9.90 Å².